The Morgan fingerprint density at radius 3 is 2.67 bits per heavy atom. The number of nitrogens with one attached hydrogen (secondary N) is 1. The van der Waals surface area contributed by atoms with Crippen molar-refractivity contribution < 1.29 is 19.1 Å². The van der Waals surface area contributed by atoms with Crippen molar-refractivity contribution in [3.63, 3.8) is 0 Å². The van der Waals surface area contributed by atoms with E-state index in [-0.39, 0.29) is 25.1 Å². The molecule has 1 unspecified atom stereocenters. The Hall–Kier alpha value is -3.13. The van der Waals surface area contributed by atoms with Crippen LogP contribution in [0.25, 0.3) is 0 Å². The van der Waals surface area contributed by atoms with Crippen LogP contribution in [0.1, 0.15) is 50.8 Å². The van der Waals surface area contributed by atoms with Gasteiger partial charge in [-0.05, 0) is 31.7 Å². The van der Waals surface area contributed by atoms with E-state index in [1.54, 1.807) is 17.9 Å². The molecule has 2 heterocycles. The van der Waals surface area contributed by atoms with E-state index < -0.39 is 12.0 Å². The number of carbonyl (C=O) groups is 3. The van der Waals surface area contributed by atoms with Crippen molar-refractivity contribution in [3.05, 3.63) is 59.3 Å². The number of ether oxygens (including phenoxy) is 1. The molecule has 2 aliphatic rings. The number of esters is 1. The molecule has 0 bridgehead atoms. The van der Waals surface area contributed by atoms with Crippen molar-refractivity contribution in [1.29, 1.82) is 0 Å². The predicted molar refractivity (Wildman–Crippen MR) is 140 cm³/mol. The molecule has 1 saturated heterocycles. The lowest BCUT2D eigenvalue weighted by Crippen LogP contribution is -2.51. The van der Waals surface area contributed by atoms with Crippen LogP contribution in [0, 0.1) is 12.8 Å². The number of nitrogens with zero attached hydrogens (tertiary/aromatic N) is 3. The fraction of sp³-hybridized carbons (Fsp3) is 0.536. The average molecular weight is 497 g/mol. The van der Waals surface area contributed by atoms with Crippen LogP contribution in [0.3, 0.4) is 0 Å². The first-order valence-corrected chi connectivity index (χ1v) is 12.9. The van der Waals surface area contributed by atoms with Crippen LogP contribution in [-0.4, -0.2) is 78.5 Å². The maximum absolute atomic E-state index is 13.3. The summed E-state index contributed by atoms with van der Waals surface area (Å²) in [6.45, 7) is 15.4. The van der Waals surface area contributed by atoms with Gasteiger partial charge >= 0.3 is 12.0 Å². The van der Waals surface area contributed by atoms with E-state index in [1.807, 2.05) is 36.1 Å². The summed E-state index contributed by atoms with van der Waals surface area (Å²) in [5, 5.41) is 3.01. The molecule has 8 nitrogen and oxygen atoms in total. The van der Waals surface area contributed by atoms with E-state index in [0.717, 1.165) is 24.1 Å². The molecule has 2 aliphatic heterocycles. The number of hydrogen-bond acceptors (Lipinski definition) is 5. The van der Waals surface area contributed by atoms with Gasteiger partial charge in [0.2, 0.25) is 5.91 Å². The third kappa shape index (κ3) is 6.75. The number of amides is 3. The minimum atomic E-state index is -0.608. The zero-order chi connectivity index (χ0) is 26.2. The molecule has 3 amide bonds. The van der Waals surface area contributed by atoms with Crippen molar-refractivity contribution >= 4 is 17.9 Å². The van der Waals surface area contributed by atoms with E-state index in [0.29, 0.717) is 49.8 Å². The molecule has 0 spiro atoms. The lowest BCUT2D eigenvalue weighted by molar-refractivity contribution is -0.139. The molecule has 1 aromatic carbocycles. The van der Waals surface area contributed by atoms with Crippen LogP contribution < -0.4 is 5.32 Å². The molecule has 0 radical (unpaired) electrons. The highest BCUT2D eigenvalue weighted by atomic mass is 16.5. The molecule has 1 atom stereocenters. The van der Waals surface area contributed by atoms with Gasteiger partial charge in [-0.15, -0.1) is 6.58 Å². The standard InChI is InChI=1S/C28H40N4O4/c1-6-12-32-23(19-30-13-9-14-31(16-15-30)24(33)17-20(3)4)25(27(34)36-7-2)26(29-28(32)35)22-11-8-10-21(5)18-22/h6,8,10-11,18,20,26H,1,7,9,12-17,19H2,2-5H3,(H,29,35). The molecule has 1 aromatic rings. The van der Waals surface area contributed by atoms with E-state index in [4.69, 9.17) is 4.74 Å². The maximum Gasteiger partial charge on any atom is 0.338 e. The molecular formula is C28H40N4O4. The number of benzene rings is 1. The van der Waals surface area contributed by atoms with Crippen LogP contribution in [-0.2, 0) is 14.3 Å². The largest absolute Gasteiger partial charge is 0.463 e. The fourth-order valence-corrected chi connectivity index (χ4v) is 4.81. The molecular weight excluding hydrogens is 456 g/mol. The first-order chi connectivity index (χ1) is 17.2. The third-order valence-corrected chi connectivity index (χ3v) is 6.52. The number of aryl methyl sites for hydroxylation is 1. The molecule has 1 N–H and O–H groups in total. The number of carbonyl (C=O) groups excluding carboxylic acids is 3. The second kappa shape index (κ2) is 12.7. The number of hydrogen-bond donors (Lipinski definition) is 1. The van der Waals surface area contributed by atoms with Gasteiger partial charge in [0.15, 0.2) is 0 Å². The Balaban J connectivity index is 1.96. The number of rotatable bonds is 9. The van der Waals surface area contributed by atoms with E-state index in [1.165, 1.54) is 0 Å². The van der Waals surface area contributed by atoms with Crippen LogP contribution in [0.15, 0.2) is 48.2 Å². The van der Waals surface area contributed by atoms with Gasteiger partial charge in [-0.1, -0.05) is 49.8 Å². The summed E-state index contributed by atoms with van der Waals surface area (Å²) in [4.78, 5) is 45.0. The summed E-state index contributed by atoms with van der Waals surface area (Å²) in [5.74, 6) is 0.0701. The smallest absolute Gasteiger partial charge is 0.338 e. The Bertz CT molecular complexity index is 1000. The van der Waals surface area contributed by atoms with Gasteiger partial charge in [-0.2, -0.15) is 0 Å². The lowest BCUT2D eigenvalue weighted by atomic mass is 9.93. The van der Waals surface area contributed by atoms with E-state index >= 15 is 0 Å². The van der Waals surface area contributed by atoms with E-state index in [9.17, 15) is 14.4 Å². The Labute approximate surface area is 214 Å². The zero-order valence-electron chi connectivity index (χ0n) is 22.1. The third-order valence-electron chi connectivity index (χ3n) is 6.52. The summed E-state index contributed by atoms with van der Waals surface area (Å²) in [7, 11) is 0. The second-order valence-corrected chi connectivity index (χ2v) is 9.89. The number of urea groups is 1. The van der Waals surface area contributed by atoms with E-state index in [2.05, 4.69) is 30.6 Å². The average Bonchev–Trinajstić information content (AvgIpc) is 3.06. The molecule has 36 heavy (non-hydrogen) atoms. The van der Waals surface area contributed by atoms with Gasteiger partial charge in [0, 0.05) is 51.4 Å². The van der Waals surface area contributed by atoms with Crippen molar-refractivity contribution in [2.45, 2.75) is 46.6 Å². The highest BCUT2D eigenvalue weighted by Gasteiger charge is 2.38. The monoisotopic (exact) mass is 496 g/mol. The summed E-state index contributed by atoms with van der Waals surface area (Å²) in [6.07, 6.45) is 3.04. The van der Waals surface area contributed by atoms with Crippen molar-refractivity contribution in [2.24, 2.45) is 5.92 Å². The SMILES string of the molecule is C=CCN1C(=O)NC(c2cccc(C)c2)C(C(=O)OCC)=C1CN1CCCN(C(=O)CC(C)C)CC1. The first-order valence-electron chi connectivity index (χ1n) is 12.9. The van der Waals surface area contributed by atoms with Crippen molar-refractivity contribution in [1.82, 2.24) is 20.0 Å². The summed E-state index contributed by atoms with van der Waals surface area (Å²) < 4.78 is 5.48. The fourth-order valence-electron chi connectivity index (χ4n) is 4.81. The highest BCUT2D eigenvalue weighted by molar-refractivity contribution is 5.95. The minimum absolute atomic E-state index is 0.183. The molecule has 0 aromatic heterocycles. The minimum Gasteiger partial charge on any atom is -0.463 e. The van der Waals surface area contributed by atoms with Crippen LogP contribution in [0.4, 0.5) is 4.79 Å². The molecule has 8 heteroatoms. The van der Waals surface area contributed by atoms with Gasteiger partial charge < -0.3 is 15.0 Å². The van der Waals surface area contributed by atoms with Gasteiger partial charge in [0.05, 0.1) is 18.2 Å². The van der Waals surface area contributed by atoms with Crippen LogP contribution in [0.5, 0.6) is 0 Å². The molecule has 0 aliphatic carbocycles. The predicted octanol–water partition coefficient (Wildman–Crippen LogP) is 3.64. The molecule has 0 saturated carbocycles. The second-order valence-electron chi connectivity index (χ2n) is 9.89. The van der Waals surface area contributed by atoms with Crippen molar-refractivity contribution in [2.75, 3.05) is 45.9 Å². The van der Waals surface area contributed by atoms with Gasteiger partial charge in [0.1, 0.15) is 0 Å². The highest BCUT2D eigenvalue weighted by Crippen LogP contribution is 2.32. The summed E-state index contributed by atoms with van der Waals surface area (Å²) in [6, 6.07) is 6.93. The Kier molecular flexibility index (Phi) is 9.70. The van der Waals surface area contributed by atoms with Gasteiger partial charge in [0.25, 0.3) is 0 Å². The topological polar surface area (TPSA) is 82.2 Å². The van der Waals surface area contributed by atoms with Crippen molar-refractivity contribution in [3.8, 4) is 0 Å². The normalized spacial score (nSPS) is 19.2. The molecule has 1 fully saturated rings. The Morgan fingerprint density at radius 1 is 1.22 bits per heavy atom. The van der Waals surface area contributed by atoms with Crippen LogP contribution in [0.2, 0.25) is 0 Å². The summed E-state index contributed by atoms with van der Waals surface area (Å²) >= 11 is 0. The zero-order valence-corrected chi connectivity index (χ0v) is 22.1. The first kappa shape index (κ1) is 27.5. The van der Waals surface area contributed by atoms with Gasteiger partial charge in [-0.3, -0.25) is 14.6 Å². The molecule has 196 valence electrons. The Morgan fingerprint density at radius 2 is 2.00 bits per heavy atom. The summed E-state index contributed by atoms with van der Waals surface area (Å²) in [5.41, 5.74) is 2.95. The molecule has 3 rings (SSSR count). The van der Waals surface area contributed by atoms with Gasteiger partial charge in [-0.25, -0.2) is 9.59 Å². The lowest BCUT2D eigenvalue weighted by Gasteiger charge is -2.38. The quantitative estimate of drug-likeness (QED) is 0.417. The maximum atomic E-state index is 13.3. The van der Waals surface area contributed by atoms with Crippen LogP contribution >= 0.6 is 0 Å².